The molecule has 136 valence electrons. The Morgan fingerprint density at radius 3 is 3.00 bits per heavy atom. The highest BCUT2D eigenvalue weighted by molar-refractivity contribution is 5.90. The maximum absolute atomic E-state index is 13.5. The Kier molecular flexibility index (Phi) is 4.06. The van der Waals surface area contributed by atoms with Gasteiger partial charge < -0.3 is 9.40 Å². The SMILES string of the molecule is Fc1ccc2[nH]cc(CCN3CC=C(c4cccc5ccoc45)CC3)c2c1. The Hall–Kier alpha value is -2.85. The van der Waals surface area contributed by atoms with Crippen molar-refractivity contribution in [2.24, 2.45) is 0 Å². The van der Waals surface area contributed by atoms with Crippen LogP contribution in [0.5, 0.6) is 0 Å². The minimum absolute atomic E-state index is 0.180. The van der Waals surface area contributed by atoms with E-state index in [4.69, 9.17) is 4.42 Å². The summed E-state index contributed by atoms with van der Waals surface area (Å²) in [4.78, 5) is 5.69. The Morgan fingerprint density at radius 1 is 1.15 bits per heavy atom. The number of furan rings is 1. The minimum atomic E-state index is -0.180. The van der Waals surface area contributed by atoms with Crippen LogP contribution in [0.1, 0.15) is 17.5 Å². The fourth-order valence-electron chi connectivity index (χ4n) is 4.04. The summed E-state index contributed by atoms with van der Waals surface area (Å²) in [6.45, 7) is 2.93. The van der Waals surface area contributed by atoms with Crippen LogP contribution in [0.2, 0.25) is 0 Å². The lowest BCUT2D eigenvalue weighted by Crippen LogP contribution is -2.30. The van der Waals surface area contributed by atoms with Crippen LogP contribution in [-0.4, -0.2) is 29.5 Å². The highest BCUT2D eigenvalue weighted by Gasteiger charge is 2.16. The molecule has 0 amide bonds. The van der Waals surface area contributed by atoms with Gasteiger partial charge in [-0.15, -0.1) is 0 Å². The monoisotopic (exact) mass is 360 g/mol. The van der Waals surface area contributed by atoms with E-state index in [1.54, 1.807) is 18.4 Å². The molecule has 3 nitrogen and oxygen atoms in total. The average molecular weight is 360 g/mol. The van der Waals surface area contributed by atoms with Gasteiger partial charge in [-0.25, -0.2) is 4.39 Å². The largest absolute Gasteiger partial charge is 0.464 e. The molecule has 27 heavy (non-hydrogen) atoms. The van der Waals surface area contributed by atoms with Gasteiger partial charge in [0, 0.05) is 47.7 Å². The lowest BCUT2D eigenvalue weighted by molar-refractivity contribution is 0.306. The van der Waals surface area contributed by atoms with Gasteiger partial charge in [0.2, 0.25) is 0 Å². The molecular formula is C23H21FN2O. The van der Waals surface area contributed by atoms with Crippen LogP contribution >= 0.6 is 0 Å². The molecule has 0 unspecified atom stereocenters. The third kappa shape index (κ3) is 3.06. The van der Waals surface area contributed by atoms with E-state index in [1.165, 1.54) is 22.8 Å². The Morgan fingerprint density at radius 2 is 2.11 bits per heavy atom. The molecule has 0 fully saturated rings. The molecule has 0 saturated heterocycles. The number of hydrogen-bond acceptors (Lipinski definition) is 2. The maximum Gasteiger partial charge on any atom is 0.141 e. The van der Waals surface area contributed by atoms with Crippen LogP contribution in [0.3, 0.4) is 0 Å². The molecule has 0 bridgehead atoms. The third-order valence-electron chi connectivity index (χ3n) is 5.55. The summed E-state index contributed by atoms with van der Waals surface area (Å²) in [6, 6.07) is 13.3. The Labute approximate surface area is 157 Å². The zero-order valence-electron chi connectivity index (χ0n) is 15.0. The summed E-state index contributed by atoms with van der Waals surface area (Å²) in [6.07, 6.45) is 8.01. The third-order valence-corrected chi connectivity index (χ3v) is 5.55. The van der Waals surface area contributed by atoms with Crippen LogP contribution in [0.25, 0.3) is 27.4 Å². The molecule has 4 heteroatoms. The van der Waals surface area contributed by atoms with Gasteiger partial charge in [-0.2, -0.15) is 0 Å². The molecule has 2 aromatic carbocycles. The molecule has 3 heterocycles. The quantitative estimate of drug-likeness (QED) is 0.529. The smallest absolute Gasteiger partial charge is 0.141 e. The molecule has 4 aromatic rings. The van der Waals surface area contributed by atoms with E-state index in [0.29, 0.717) is 0 Å². The Bertz CT molecular complexity index is 1140. The molecule has 1 N–H and O–H groups in total. The molecule has 0 aliphatic carbocycles. The van der Waals surface area contributed by atoms with Crippen molar-refractivity contribution in [3.8, 4) is 0 Å². The number of hydrogen-bond donors (Lipinski definition) is 1. The van der Waals surface area contributed by atoms with E-state index in [2.05, 4.69) is 34.2 Å². The van der Waals surface area contributed by atoms with Gasteiger partial charge in [-0.1, -0.05) is 24.3 Å². The van der Waals surface area contributed by atoms with E-state index in [-0.39, 0.29) is 5.82 Å². The van der Waals surface area contributed by atoms with Crippen LogP contribution < -0.4 is 0 Å². The first-order valence-corrected chi connectivity index (χ1v) is 9.41. The highest BCUT2D eigenvalue weighted by atomic mass is 19.1. The lowest BCUT2D eigenvalue weighted by Gasteiger charge is -2.26. The zero-order valence-corrected chi connectivity index (χ0v) is 15.0. The predicted molar refractivity (Wildman–Crippen MR) is 107 cm³/mol. The number of para-hydroxylation sites is 1. The number of nitrogens with one attached hydrogen (secondary N) is 1. The summed E-state index contributed by atoms with van der Waals surface area (Å²) < 4.78 is 19.2. The van der Waals surface area contributed by atoms with Gasteiger partial charge >= 0.3 is 0 Å². The molecule has 0 spiro atoms. The van der Waals surface area contributed by atoms with Crippen molar-refractivity contribution in [2.75, 3.05) is 19.6 Å². The Balaban J connectivity index is 1.29. The van der Waals surface area contributed by atoms with Crippen molar-refractivity contribution >= 4 is 27.4 Å². The first-order valence-electron chi connectivity index (χ1n) is 9.41. The molecule has 5 rings (SSSR count). The van der Waals surface area contributed by atoms with Crippen molar-refractivity contribution in [1.82, 2.24) is 9.88 Å². The fourth-order valence-corrected chi connectivity index (χ4v) is 4.04. The van der Waals surface area contributed by atoms with Crippen molar-refractivity contribution < 1.29 is 8.81 Å². The van der Waals surface area contributed by atoms with E-state index in [9.17, 15) is 4.39 Å². The van der Waals surface area contributed by atoms with E-state index >= 15 is 0 Å². The molecule has 1 aliphatic heterocycles. The molecule has 0 atom stereocenters. The van der Waals surface area contributed by atoms with Gasteiger partial charge in [0.05, 0.1) is 6.26 Å². The first kappa shape index (κ1) is 16.3. The van der Waals surface area contributed by atoms with Crippen molar-refractivity contribution in [2.45, 2.75) is 12.8 Å². The van der Waals surface area contributed by atoms with E-state index in [1.807, 2.05) is 12.3 Å². The summed E-state index contributed by atoms with van der Waals surface area (Å²) in [7, 11) is 0. The number of fused-ring (bicyclic) bond motifs is 2. The number of aromatic nitrogens is 1. The number of nitrogens with zero attached hydrogens (tertiary/aromatic N) is 1. The topological polar surface area (TPSA) is 32.2 Å². The van der Waals surface area contributed by atoms with Gasteiger partial charge in [-0.3, -0.25) is 4.90 Å². The van der Waals surface area contributed by atoms with Gasteiger partial charge in [0.15, 0.2) is 0 Å². The maximum atomic E-state index is 13.5. The van der Waals surface area contributed by atoms with Crippen LogP contribution in [-0.2, 0) is 6.42 Å². The second-order valence-corrected chi connectivity index (χ2v) is 7.18. The summed E-state index contributed by atoms with van der Waals surface area (Å²) in [5.74, 6) is -0.180. The number of benzene rings is 2. The minimum Gasteiger partial charge on any atom is -0.464 e. The van der Waals surface area contributed by atoms with Crippen molar-refractivity contribution in [3.05, 3.63) is 77.9 Å². The summed E-state index contributed by atoms with van der Waals surface area (Å²) in [5, 5.41) is 2.15. The van der Waals surface area contributed by atoms with Gasteiger partial charge in [0.25, 0.3) is 0 Å². The predicted octanol–water partition coefficient (Wildman–Crippen LogP) is 5.39. The first-order chi connectivity index (χ1) is 13.3. The molecule has 0 radical (unpaired) electrons. The number of H-pyrrole nitrogens is 1. The van der Waals surface area contributed by atoms with E-state index < -0.39 is 0 Å². The normalized spacial score (nSPS) is 15.5. The molecule has 0 saturated carbocycles. The second-order valence-electron chi connectivity index (χ2n) is 7.18. The van der Waals surface area contributed by atoms with Crippen molar-refractivity contribution in [3.63, 3.8) is 0 Å². The molecular weight excluding hydrogens is 339 g/mol. The molecule has 1 aliphatic rings. The number of halogens is 1. The van der Waals surface area contributed by atoms with Crippen LogP contribution in [0.4, 0.5) is 4.39 Å². The van der Waals surface area contributed by atoms with Crippen LogP contribution in [0, 0.1) is 5.82 Å². The second kappa shape index (κ2) is 6.71. The number of rotatable bonds is 4. The summed E-state index contributed by atoms with van der Waals surface area (Å²) in [5.41, 5.74) is 5.74. The van der Waals surface area contributed by atoms with Crippen molar-refractivity contribution in [1.29, 1.82) is 0 Å². The summed E-state index contributed by atoms with van der Waals surface area (Å²) >= 11 is 0. The lowest BCUT2D eigenvalue weighted by atomic mass is 9.97. The fraction of sp³-hybridized carbons (Fsp3) is 0.217. The number of aromatic amines is 1. The van der Waals surface area contributed by atoms with E-state index in [0.717, 1.165) is 54.3 Å². The molecule has 2 aromatic heterocycles. The average Bonchev–Trinajstić information content (AvgIpc) is 3.33. The highest BCUT2D eigenvalue weighted by Crippen LogP contribution is 2.30. The van der Waals surface area contributed by atoms with Gasteiger partial charge in [0.1, 0.15) is 11.4 Å². The van der Waals surface area contributed by atoms with Gasteiger partial charge in [-0.05, 0) is 48.2 Å². The standard InChI is InChI=1S/C23H21FN2O/c24-19-4-5-22-21(14-19)18(15-25-22)8-12-26-10-6-16(7-11-26)20-3-1-2-17-9-13-27-23(17)20/h1-6,9,13-15,25H,7-8,10-12H2. The van der Waals surface area contributed by atoms with Crippen LogP contribution in [0.15, 0.2) is 65.4 Å². The zero-order chi connectivity index (χ0) is 18.2.